The number of phosphoric ester groups is 1. The van der Waals surface area contributed by atoms with Crippen LogP contribution in [0.3, 0.4) is 0 Å². The van der Waals surface area contributed by atoms with E-state index in [0.717, 1.165) is 19.3 Å². The molecular weight excluding hydrogens is 343 g/mol. The zero-order valence-electron chi connectivity index (χ0n) is 13.9. The molecule has 2 rings (SSSR count). The molecule has 0 unspecified atom stereocenters. The van der Waals surface area contributed by atoms with Gasteiger partial charge in [-0.25, -0.2) is 4.57 Å². The molecule has 0 aliphatic heterocycles. The van der Waals surface area contributed by atoms with Crippen LogP contribution in [0, 0.1) is 0 Å². The summed E-state index contributed by atoms with van der Waals surface area (Å²) in [5, 5.41) is 0. The Labute approximate surface area is 146 Å². The normalized spacial score (nSPS) is 11.2. The Kier molecular flexibility index (Phi) is 6.76. The third-order valence-electron chi connectivity index (χ3n) is 3.47. The van der Waals surface area contributed by atoms with Gasteiger partial charge in [0.25, 0.3) is 0 Å². The molecular formula is C18H21O6P. The summed E-state index contributed by atoms with van der Waals surface area (Å²) in [6.45, 7) is 2.59. The van der Waals surface area contributed by atoms with E-state index in [1.54, 1.807) is 30.3 Å². The molecule has 25 heavy (non-hydrogen) atoms. The van der Waals surface area contributed by atoms with E-state index in [4.69, 9.17) is 14.5 Å². The van der Waals surface area contributed by atoms with Crippen LogP contribution in [-0.4, -0.2) is 22.2 Å². The number of hydrogen-bond donors (Lipinski definition) is 2. The molecule has 134 valence electrons. The molecule has 0 saturated carbocycles. The van der Waals surface area contributed by atoms with Gasteiger partial charge in [0, 0.05) is 5.56 Å². The number of unbranched alkanes of at least 4 members (excludes halogenated alkanes) is 2. The first-order valence-electron chi connectivity index (χ1n) is 8.02. The molecule has 0 radical (unpaired) electrons. The topological polar surface area (TPSA) is 93.1 Å². The Hall–Kier alpha value is -2.14. The fourth-order valence-electron chi connectivity index (χ4n) is 2.27. The van der Waals surface area contributed by atoms with Crippen molar-refractivity contribution in [3.05, 3.63) is 59.7 Å². The summed E-state index contributed by atoms with van der Waals surface area (Å²) in [4.78, 5) is 30.8. The Morgan fingerprint density at radius 2 is 1.80 bits per heavy atom. The van der Waals surface area contributed by atoms with Crippen molar-refractivity contribution in [3.8, 4) is 11.5 Å². The maximum absolute atomic E-state index is 12.7. The largest absolute Gasteiger partial charge is 0.524 e. The molecule has 0 bridgehead atoms. The van der Waals surface area contributed by atoms with Gasteiger partial charge >= 0.3 is 7.82 Å². The lowest BCUT2D eigenvalue weighted by Crippen LogP contribution is -2.06. The molecule has 6 nitrogen and oxygen atoms in total. The van der Waals surface area contributed by atoms with Gasteiger partial charge in [-0.1, -0.05) is 50.1 Å². The summed E-state index contributed by atoms with van der Waals surface area (Å²) in [5.74, 6) is -0.125. The first-order chi connectivity index (χ1) is 11.9. The smallest absolute Gasteiger partial charge is 0.494 e. The highest BCUT2D eigenvalue weighted by Gasteiger charge is 2.22. The molecule has 0 aliphatic carbocycles. The number of carbonyl (C=O) groups is 1. The molecule has 2 aromatic rings. The van der Waals surface area contributed by atoms with Crippen molar-refractivity contribution < 1.29 is 28.4 Å². The average molecular weight is 364 g/mol. The monoisotopic (exact) mass is 364 g/mol. The number of rotatable bonds is 9. The fourth-order valence-corrected chi connectivity index (χ4v) is 2.69. The second-order valence-electron chi connectivity index (χ2n) is 5.49. The van der Waals surface area contributed by atoms with Gasteiger partial charge in [0.15, 0.2) is 5.78 Å². The van der Waals surface area contributed by atoms with Gasteiger partial charge in [0.05, 0.1) is 12.2 Å². The number of ketones is 1. The summed E-state index contributed by atoms with van der Waals surface area (Å²) in [6.07, 6.45) is 2.99. The highest BCUT2D eigenvalue weighted by Crippen LogP contribution is 2.40. The van der Waals surface area contributed by atoms with Gasteiger partial charge in [0.1, 0.15) is 11.5 Å². The standard InChI is InChI=1S/C18H21O6P/c1-2-3-7-12-23-15-10-11-17(24-25(20,21)22)16(13-15)18(19)14-8-5-4-6-9-14/h4-6,8-11,13H,2-3,7,12H2,1H3,(H2,20,21,22). The van der Waals surface area contributed by atoms with Crippen molar-refractivity contribution in [2.45, 2.75) is 26.2 Å². The second-order valence-corrected chi connectivity index (χ2v) is 6.65. The molecule has 0 fully saturated rings. The van der Waals surface area contributed by atoms with Gasteiger partial charge in [-0.15, -0.1) is 0 Å². The summed E-state index contributed by atoms with van der Waals surface area (Å²) < 4.78 is 21.5. The van der Waals surface area contributed by atoms with Gasteiger partial charge in [0.2, 0.25) is 0 Å². The third kappa shape index (κ3) is 6.02. The summed E-state index contributed by atoms with van der Waals surface area (Å²) >= 11 is 0. The van der Waals surface area contributed by atoms with Gasteiger partial charge < -0.3 is 9.26 Å². The van der Waals surface area contributed by atoms with Crippen molar-refractivity contribution in [3.63, 3.8) is 0 Å². The number of ether oxygens (including phenoxy) is 1. The van der Waals surface area contributed by atoms with Crippen LogP contribution in [0.15, 0.2) is 48.5 Å². The van der Waals surface area contributed by atoms with Crippen molar-refractivity contribution in [2.24, 2.45) is 0 Å². The van der Waals surface area contributed by atoms with E-state index < -0.39 is 13.6 Å². The van der Waals surface area contributed by atoms with Crippen LogP contribution in [0.25, 0.3) is 0 Å². The van der Waals surface area contributed by atoms with E-state index in [9.17, 15) is 9.36 Å². The highest BCUT2D eigenvalue weighted by molar-refractivity contribution is 7.46. The molecule has 0 amide bonds. The van der Waals surface area contributed by atoms with Crippen molar-refractivity contribution in [1.82, 2.24) is 0 Å². The van der Waals surface area contributed by atoms with E-state index in [0.29, 0.717) is 17.9 Å². The zero-order chi connectivity index (χ0) is 18.3. The Bertz CT molecular complexity index is 753. The fraction of sp³-hybridized carbons (Fsp3) is 0.278. The lowest BCUT2D eigenvalue weighted by Gasteiger charge is -2.13. The third-order valence-corrected chi connectivity index (χ3v) is 3.90. The van der Waals surface area contributed by atoms with Crippen LogP contribution in [0.4, 0.5) is 0 Å². The lowest BCUT2D eigenvalue weighted by atomic mass is 10.0. The van der Waals surface area contributed by atoms with E-state index in [1.165, 1.54) is 18.2 Å². The van der Waals surface area contributed by atoms with Crippen molar-refractivity contribution in [2.75, 3.05) is 6.61 Å². The molecule has 0 atom stereocenters. The second kappa shape index (κ2) is 8.81. The molecule has 2 N–H and O–H groups in total. The van der Waals surface area contributed by atoms with E-state index in [-0.39, 0.29) is 11.3 Å². The van der Waals surface area contributed by atoms with Crippen molar-refractivity contribution in [1.29, 1.82) is 0 Å². The Morgan fingerprint density at radius 1 is 1.08 bits per heavy atom. The quantitative estimate of drug-likeness (QED) is 0.397. The summed E-state index contributed by atoms with van der Waals surface area (Å²) in [5.41, 5.74) is 0.434. The van der Waals surface area contributed by atoms with E-state index in [2.05, 4.69) is 11.4 Å². The van der Waals surface area contributed by atoms with Crippen LogP contribution < -0.4 is 9.26 Å². The highest BCUT2D eigenvalue weighted by atomic mass is 31.2. The zero-order valence-corrected chi connectivity index (χ0v) is 14.8. The minimum Gasteiger partial charge on any atom is -0.494 e. The van der Waals surface area contributed by atoms with Crippen LogP contribution in [0.5, 0.6) is 11.5 Å². The van der Waals surface area contributed by atoms with Crippen molar-refractivity contribution >= 4 is 13.6 Å². The maximum atomic E-state index is 12.7. The molecule has 0 saturated heterocycles. The van der Waals surface area contributed by atoms with Crippen LogP contribution in [0.1, 0.15) is 42.1 Å². The number of carbonyl (C=O) groups excluding carboxylic acids is 1. The summed E-state index contributed by atoms with van der Waals surface area (Å²) in [7, 11) is -4.78. The van der Waals surface area contributed by atoms with E-state index in [1.807, 2.05) is 0 Å². The van der Waals surface area contributed by atoms with Gasteiger partial charge in [-0.05, 0) is 24.6 Å². The maximum Gasteiger partial charge on any atom is 0.524 e. The van der Waals surface area contributed by atoms with Crippen LogP contribution in [-0.2, 0) is 4.57 Å². The Morgan fingerprint density at radius 3 is 2.44 bits per heavy atom. The molecule has 0 aromatic heterocycles. The average Bonchev–Trinajstić information content (AvgIpc) is 2.59. The van der Waals surface area contributed by atoms with Gasteiger partial charge in [-0.2, -0.15) is 0 Å². The predicted octanol–water partition coefficient (Wildman–Crippen LogP) is 3.96. The van der Waals surface area contributed by atoms with Crippen LogP contribution >= 0.6 is 7.82 Å². The van der Waals surface area contributed by atoms with Crippen LogP contribution in [0.2, 0.25) is 0 Å². The molecule has 0 spiro atoms. The van der Waals surface area contributed by atoms with Gasteiger partial charge in [-0.3, -0.25) is 14.6 Å². The minimum atomic E-state index is -4.78. The number of phosphoric acid groups is 1. The molecule has 7 heteroatoms. The molecule has 2 aromatic carbocycles. The SMILES string of the molecule is CCCCCOc1ccc(OP(=O)(O)O)c(C(=O)c2ccccc2)c1. The number of benzene rings is 2. The molecule has 0 heterocycles. The minimum absolute atomic E-state index is 0.0440. The van der Waals surface area contributed by atoms with E-state index >= 15 is 0 Å². The predicted molar refractivity (Wildman–Crippen MR) is 94.0 cm³/mol. The Balaban J connectivity index is 2.31. The summed E-state index contributed by atoms with van der Waals surface area (Å²) in [6, 6.07) is 12.8. The first-order valence-corrected chi connectivity index (χ1v) is 9.55. The first kappa shape index (κ1) is 19.2. The molecule has 0 aliphatic rings. The lowest BCUT2D eigenvalue weighted by molar-refractivity contribution is 0.103. The number of hydrogen-bond acceptors (Lipinski definition) is 4.